The number of rotatable bonds is 7. The molecule has 134 valence electrons. The molecule has 2 rings (SSSR count). The van der Waals surface area contributed by atoms with Crippen molar-refractivity contribution in [3.63, 3.8) is 0 Å². The van der Waals surface area contributed by atoms with Crippen LogP contribution in [0, 0.1) is 6.92 Å². The highest BCUT2D eigenvalue weighted by atomic mass is 32.1. The lowest BCUT2D eigenvalue weighted by Gasteiger charge is -2.17. The van der Waals surface area contributed by atoms with Crippen molar-refractivity contribution in [3.05, 3.63) is 51.7 Å². The molecule has 0 N–H and O–H groups in total. The van der Waals surface area contributed by atoms with E-state index in [-0.39, 0.29) is 17.4 Å². The number of nitrogens with zero attached hydrogens (tertiary/aromatic N) is 1. The van der Waals surface area contributed by atoms with Crippen LogP contribution in [0.25, 0.3) is 6.08 Å². The minimum atomic E-state index is -2.92. The van der Waals surface area contributed by atoms with Gasteiger partial charge in [-0.25, -0.2) is 0 Å². The molecule has 0 unspecified atom stereocenters. The molecule has 0 radical (unpaired) electrons. The van der Waals surface area contributed by atoms with Crippen LogP contribution in [0.4, 0.5) is 8.78 Å². The third kappa shape index (κ3) is 5.56. The molecule has 0 atom stereocenters. The Bertz CT molecular complexity index is 759. The molecule has 2 aromatic rings. The van der Waals surface area contributed by atoms with E-state index >= 15 is 0 Å². The van der Waals surface area contributed by atoms with Crippen LogP contribution in [0.5, 0.6) is 11.5 Å². The first-order chi connectivity index (χ1) is 11.9. The van der Waals surface area contributed by atoms with E-state index in [1.165, 1.54) is 29.0 Å². The Balaban J connectivity index is 2.02. The van der Waals surface area contributed by atoms with Crippen LogP contribution in [0.2, 0.25) is 0 Å². The molecule has 0 aliphatic carbocycles. The van der Waals surface area contributed by atoms with Gasteiger partial charge in [-0.15, -0.1) is 11.3 Å². The summed E-state index contributed by atoms with van der Waals surface area (Å²) in [6, 6.07) is 8.55. The van der Waals surface area contributed by atoms with Crippen LogP contribution < -0.4 is 9.47 Å². The van der Waals surface area contributed by atoms with Gasteiger partial charge in [-0.2, -0.15) is 8.78 Å². The highest BCUT2D eigenvalue weighted by molar-refractivity contribution is 7.12. The van der Waals surface area contributed by atoms with Gasteiger partial charge >= 0.3 is 6.61 Å². The van der Waals surface area contributed by atoms with Gasteiger partial charge < -0.3 is 14.4 Å². The number of carbonyl (C=O) groups is 1. The van der Waals surface area contributed by atoms with E-state index < -0.39 is 6.61 Å². The Morgan fingerprint density at radius 1 is 1.28 bits per heavy atom. The first-order valence-electron chi connectivity index (χ1n) is 7.50. The summed E-state index contributed by atoms with van der Waals surface area (Å²) in [5.74, 6) is 0.00405. The Kier molecular flexibility index (Phi) is 6.52. The highest BCUT2D eigenvalue weighted by Gasteiger charge is 2.13. The number of likely N-dealkylation sites (N-methyl/N-ethyl adjacent to an activating group) is 1. The molecule has 1 heterocycles. The fourth-order valence-electron chi connectivity index (χ4n) is 2.18. The molecule has 4 nitrogen and oxygen atoms in total. The van der Waals surface area contributed by atoms with Crippen LogP contribution in [0.1, 0.15) is 15.3 Å². The molecular weight excluding hydrogens is 348 g/mol. The summed E-state index contributed by atoms with van der Waals surface area (Å²) in [6.07, 6.45) is 3.29. The predicted molar refractivity (Wildman–Crippen MR) is 94.2 cm³/mol. The third-order valence-corrected chi connectivity index (χ3v) is 4.36. The first kappa shape index (κ1) is 18.9. The van der Waals surface area contributed by atoms with Crippen molar-refractivity contribution >= 4 is 23.3 Å². The van der Waals surface area contributed by atoms with E-state index in [9.17, 15) is 13.6 Å². The van der Waals surface area contributed by atoms with Gasteiger partial charge in [0.1, 0.15) is 0 Å². The summed E-state index contributed by atoms with van der Waals surface area (Å²) in [6.45, 7) is -0.599. The van der Waals surface area contributed by atoms with Crippen LogP contribution in [0.15, 0.2) is 36.4 Å². The van der Waals surface area contributed by atoms with Gasteiger partial charge in [0.15, 0.2) is 11.5 Å². The topological polar surface area (TPSA) is 38.8 Å². The summed E-state index contributed by atoms with van der Waals surface area (Å²) in [7, 11) is 3.04. The van der Waals surface area contributed by atoms with Crippen LogP contribution in [-0.2, 0) is 11.3 Å². The summed E-state index contributed by atoms with van der Waals surface area (Å²) in [5.41, 5.74) is 0.745. The second-order valence-corrected chi connectivity index (χ2v) is 6.66. The number of hydrogen-bond acceptors (Lipinski definition) is 4. The molecule has 0 spiro atoms. The highest BCUT2D eigenvalue weighted by Crippen LogP contribution is 2.29. The maximum absolute atomic E-state index is 12.3. The maximum Gasteiger partial charge on any atom is 0.387 e. The standard InChI is InChI=1S/C18H19F2NO3S/c1-12-4-6-14(25-12)7-9-17(22)21(2)11-13-5-8-15(24-18(19)20)16(10-13)23-3/h4-10,18H,11H2,1-3H3/b9-7+. The minimum Gasteiger partial charge on any atom is -0.493 e. The Morgan fingerprint density at radius 3 is 2.64 bits per heavy atom. The predicted octanol–water partition coefficient (Wildman–Crippen LogP) is 4.34. The minimum absolute atomic E-state index is 0.0387. The van der Waals surface area contributed by atoms with E-state index in [1.54, 1.807) is 36.6 Å². The number of alkyl halides is 2. The molecule has 0 saturated carbocycles. The van der Waals surface area contributed by atoms with Crippen LogP contribution in [0.3, 0.4) is 0 Å². The number of hydrogen-bond donors (Lipinski definition) is 0. The summed E-state index contributed by atoms with van der Waals surface area (Å²) in [5, 5.41) is 0. The van der Waals surface area contributed by atoms with Gasteiger partial charge in [-0.05, 0) is 42.8 Å². The molecule has 1 aromatic carbocycles. The van der Waals surface area contributed by atoms with Crippen molar-refractivity contribution in [3.8, 4) is 11.5 Å². The largest absolute Gasteiger partial charge is 0.493 e. The normalized spacial score (nSPS) is 11.1. The number of ether oxygens (including phenoxy) is 2. The molecule has 25 heavy (non-hydrogen) atoms. The molecule has 1 amide bonds. The second kappa shape index (κ2) is 8.62. The fourth-order valence-corrected chi connectivity index (χ4v) is 2.96. The smallest absolute Gasteiger partial charge is 0.387 e. The Hall–Kier alpha value is -2.41. The van der Waals surface area contributed by atoms with Crippen molar-refractivity contribution < 1.29 is 23.0 Å². The number of methoxy groups -OCH3 is 1. The fraction of sp³-hybridized carbons (Fsp3) is 0.278. The zero-order valence-corrected chi connectivity index (χ0v) is 15.0. The van der Waals surface area contributed by atoms with Gasteiger partial charge in [-0.1, -0.05) is 6.07 Å². The summed E-state index contributed by atoms with van der Waals surface area (Å²) in [4.78, 5) is 15.9. The molecule has 0 bridgehead atoms. The van der Waals surface area contributed by atoms with E-state index in [0.29, 0.717) is 6.54 Å². The van der Waals surface area contributed by atoms with Gasteiger partial charge in [0.25, 0.3) is 0 Å². The molecule has 0 fully saturated rings. The molecular formula is C18H19F2NO3S. The summed E-state index contributed by atoms with van der Waals surface area (Å²) >= 11 is 1.61. The van der Waals surface area contributed by atoms with Crippen molar-refractivity contribution in [2.45, 2.75) is 20.1 Å². The molecule has 0 saturated heterocycles. The lowest BCUT2D eigenvalue weighted by atomic mass is 10.2. The van der Waals surface area contributed by atoms with Gasteiger partial charge in [-0.3, -0.25) is 4.79 Å². The number of halogens is 2. The molecule has 1 aromatic heterocycles. The first-order valence-corrected chi connectivity index (χ1v) is 8.32. The lowest BCUT2D eigenvalue weighted by molar-refractivity contribution is -0.125. The van der Waals surface area contributed by atoms with E-state index in [2.05, 4.69) is 4.74 Å². The Morgan fingerprint density at radius 2 is 2.04 bits per heavy atom. The van der Waals surface area contributed by atoms with Gasteiger partial charge in [0.2, 0.25) is 5.91 Å². The number of amides is 1. The number of benzene rings is 1. The van der Waals surface area contributed by atoms with Crippen LogP contribution >= 0.6 is 11.3 Å². The summed E-state index contributed by atoms with van der Waals surface area (Å²) < 4.78 is 34.1. The number of aryl methyl sites for hydroxylation is 1. The zero-order valence-electron chi connectivity index (χ0n) is 14.2. The molecule has 0 aliphatic rings. The maximum atomic E-state index is 12.3. The van der Waals surface area contributed by atoms with E-state index in [4.69, 9.17) is 4.74 Å². The SMILES string of the molecule is COc1cc(CN(C)C(=O)/C=C/c2ccc(C)s2)ccc1OC(F)F. The van der Waals surface area contributed by atoms with E-state index in [0.717, 1.165) is 10.4 Å². The molecule has 0 aliphatic heterocycles. The number of thiophene rings is 1. The van der Waals surface area contributed by atoms with Crippen molar-refractivity contribution in [1.29, 1.82) is 0 Å². The lowest BCUT2D eigenvalue weighted by Crippen LogP contribution is -2.24. The van der Waals surface area contributed by atoms with Crippen molar-refractivity contribution in [2.24, 2.45) is 0 Å². The van der Waals surface area contributed by atoms with Gasteiger partial charge in [0, 0.05) is 29.4 Å². The van der Waals surface area contributed by atoms with Crippen molar-refractivity contribution in [2.75, 3.05) is 14.2 Å². The monoisotopic (exact) mass is 367 g/mol. The van der Waals surface area contributed by atoms with Gasteiger partial charge in [0.05, 0.1) is 7.11 Å². The molecule has 7 heteroatoms. The number of carbonyl (C=O) groups excluding carboxylic acids is 1. The average molecular weight is 367 g/mol. The van der Waals surface area contributed by atoms with E-state index in [1.807, 2.05) is 19.1 Å². The quantitative estimate of drug-likeness (QED) is 0.684. The second-order valence-electron chi connectivity index (χ2n) is 5.34. The third-order valence-electron chi connectivity index (χ3n) is 3.39. The van der Waals surface area contributed by atoms with Crippen LogP contribution in [-0.4, -0.2) is 31.6 Å². The average Bonchev–Trinajstić information content (AvgIpc) is 2.98. The zero-order chi connectivity index (χ0) is 18.4. The van der Waals surface area contributed by atoms with Crippen molar-refractivity contribution in [1.82, 2.24) is 4.90 Å². The Labute approximate surface area is 149 Å².